The van der Waals surface area contributed by atoms with Crippen molar-refractivity contribution in [3.63, 3.8) is 0 Å². The van der Waals surface area contributed by atoms with Gasteiger partial charge in [0.15, 0.2) is 5.69 Å². The highest BCUT2D eigenvalue weighted by atomic mass is 16.2. The van der Waals surface area contributed by atoms with Gasteiger partial charge in [0.2, 0.25) is 0 Å². The number of likely N-dealkylation sites (N-methyl/N-ethyl adjacent to an activating group) is 1. The number of rotatable bonds is 8. The number of piperidine rings is 1. The molecule has 1 aliphatic rings. The molecule has 3 amide bonds. The zero-order valence-corrected chi connectivity index (χ0v) is 27.2. The van der Waals surface area contributed by atoms with Crippen molar-refractivity contribution in [3.8, 4) is 5.69 Å². The molecule has 4 rings (SSSR count). The Balaban J connectivity index is 1.52. The molecule has 11 nitrogen and oxygen atoms in total. The number of amides is 3. The van der Waals surface area contributed by atoms with Crippen LogP contribution in [0.25, 0.3) is 5.69 Å². The molecular formula is C33H46N8O3. The predicted octanol–water partition coefficient (Wildman–Crippen LogP) is 4.51. The highest BCUT2D eigenvalue weighted by molar-refractivity contribution is 6.06. The fraction of sp³-hybridized carbons (Fsp3) is 0.515. The van der Waals surface area contributed by atoms with Gasteiger partial charge in [0.05, 0.1) is 29.5 Å². The lowest BCUT2D eigenvalue weighted by atomic mass is 9.85. The van der Waals surface area contributed by atoms with Gasteiger partial charge in [-0.2, -0.15) is 0 Å². The first-order chi connectivity index (χ1) is 20.6. The minimum absolute atomic E-state index is 0.0678. The van der Waals surface area contributed by atoms with Crippen molar-refractivity contribution in [1.82, 2.24) is 35.5 Å². The normalized spacial score (nSPS) is 16.0. The van der Waals surface area contributed by atoms with Crippen LogP contribution < -0.4 is 16.0 Å². The van der Waals surface area contributed by atoms with Crippen LogP contribution in [0, 0.1) is 12.3 Å². The number of aromatic nitrogens is 4. The van der Waals surface area contributed by atoms with Crippen LogP contribution in [0.4, 0.5) is 5.69 Å². The fourth-order valence-corrected chi connectivity index (χ4v) is 4.98. The zero-order valence-electron chi connectivity index (χ0n) is 27.2. The summed E-state index contributed by atoms with van der Waals surface area (Å²) in [5, 5.41) is 17.0. The van der Waals surface area contributed by atoms with Crippen molar-refractivity contribution in [2.24, 2.45) is 5.41 Å². The number of benzene rings is 1. The summed E-state index contributed by atoms with van der Waals surface area (Å²) in [6.07, 6.45) is 6.50. The summed E-state index contributed by atoms with van der Waals surface area (Å²) in [7, 11) is 2.09. The first kappa shape index (κ1) is 32.8. The van der Waals surface area contributed by atoms with Crippen molar-refractivity contribution in [2.45, 2.75) is 79.2 Å². The molecule has 236 valence electrons. The maximum atomic E-state index is 13.5. The van der Waals surface area contributed by atoms with Crippen LogP contribution in [-0.4, -0.2) is 75.3 Å². The lowest BCUT2D eigenvalue weighted by molar-refractivity contribution is 0.0923. The van der Waals surface area contributed by atoms with Crippen molar-refractivity contribution in [3.05, 3.63) is 64.7 Å². The summed E-state index contributed by atoms with van der Waals surface area (Å²) in [5.74, 6) is -0.878. The number of aryl methyl sites for hydroxylation is 1. The number of hydrogen-bond acceptors (Lipinski definition) is 7. The largest absolute Gasteiger partial charge is 0.350 e. The molecule has 0 bridgehead atoms. The smallest absolute Gasteiger partial charge is 0.273 e. The molecule has 1 aliphatic heterocycles. The van der Waals surface area contributed by atoms with E-state index in [1.54, 1.807) is 18.3 Å². The number of anilines is 1. The molecule has 0 spiro atoms. The van der Waals surface area contributed by atoms with E-state index in [1.807, 2.05) is 39.8 Å². The first-order valence-corrected chi connectivity index (χ1v) is 15.2. The van der Waals surface area contributed by atoms with Gasteiger partial charge in [-0.05, 0) is 74.0 Å². The molecular weight excluding hydrogens is 556 g/mol. The van der Waals surface area contributed by atoms with Gasteiger partial charge in [-0.1, -0.05) is 53.2 Å². The Morgan fingerprint density at radius 1 is 0.932 bits per heavy atom. The van der Waals surface area contributed by atoms with E-state index in [-0.39, 0.29) is 34.2 Å². The van der Waals surface area contributed by atoms with Crippen molar-refractivity contribution < 1.29 is 14.4 Å². The summed E-state index contributed by atoms with van der Waals surface area (Å²) in [4.78, 5) is 46.1. The second kappa shape index (κ2) is 13.3. The van der Waals surface area contributed by atoms with Gasteiger partial charge >= 0.3 is 0 Å². The fourth-order valence-electron chi connectivity index (χ4n) is 4.98. The number of carbonyl (C=O) groups is 3. The van der Waals surface area contributed by atoms with E-state index in [1.165, 1.54) is 17.3 Å². The van der Waals surface area contributed by atoms with Gasteiger partial charge in [0.25, 0.3) is 17.7 Å². The van der Waals surface area contributed by atoms with Gasteiger partial charge in [-0.15, -0.1) is 5.10 Å². The van der Waals surface area contributed by atoms with Crippen molar-refractivity contribution >= 4 is 23.4 Å². The van der Waals surface area contributed by atoms with Crippen LogP contribution >= 0.6 is 0 Å². The maximum Gasteiger partial charge on any atom is 0.273 e. The first-order valence-electron chi connectivity index (χ1n) is 15.2. The maximum absolute atomic E-state index is 13.5. The Morgan fingerprint density at radius 3 is 2.30 bits per heavy atom. The second-order valence-electron chi connectivity index (χ2n) is 14.0. The molecule has 3 aromatic rings. The van der Waals surface area contributed by atoms with E-state index in [0.29, 0.717) is 47.3 Å². The Kier molecular flexibility index (Phi) is 9.88. The van der Waals surface area contributed by atoms with Gasteiger partial charge < -0.3 is 20.9 Å². The topological polar surface area (TPSA) is 134 Å². The molecule has 0 aliphatic carbocycles. The second-order valence-corrected chi connectivity index (χ2v) is 14.0. The number of carbonyl (C=O) groups excluding carboxylic acids is 3. The summed E-state index contributed by atoms with van der Waals surface area (Å²) >= 11 is 0. The van der Waals surface area contributed by atoms with E-state index in [4.69, 9.17) is 0 Å². The van der Waals surface area contributed by atoms with Crippen LogP contribution in [0.2, 0.25) is 0 Å². The van der Waals surface area contributed by atoms with Gasteiger partial charge in [0.1, 0.15) is 0 Å². The summed E-state index contributed by atoms with van der Waals surface area (Å²) in [6, 6.07) is 7.36. The molecule has 0 radical (unpaired) electrons. The SMILES string of the molecule is Cc1ncc(NC(=O)c2cc(C(=O)NCC3CCCCN3C)cc(C(C)(C)C)c2)cc1-n1cc(C(=O)NCC(C)(C)C)nn1. The molecule has 2 aromatic heterocycles. The highest BCUT2D eigenvalue weighted by Crippen LogP contribution is 2.26. The molecule has 1 fully saturated rings. The minimum atomic E-state index is -0.366. The molecule has 44 heavy (non-hydrogen) atoms. The van der Waals surface area contributed by atoms with Crippen LogP contribution in [0.3, 0.4) is 0 Å². The molecule has 0 saturated carbocycles. The molecule has 11 heteroatoms. The molecule has 3 heterocycles. The number of nitrogens with zero attached hydrogens (tertiary/aromatic N) is 5. The summed E-state index contributed by atoms with van der Waals surface area (Å²) in [6.45, 7) is 16.2. The standard InChI is InChI=1S/C33H46N8O3/c1-21-28(41-19-27(38-39-41)31(44)36-20-32(2,3)4)16-25(17-34-21)37-30(43)23-13-22(14-24(15-23)33(5,6)7)29(42)35-18-26-11-9-10-12-40(26)8/h13-17,19,26H,9-12,18,20H2,1-8H3,(H,35,42)(H,36,44)(H,37,43). The van der Waals surface area contributed by atoms with Crippen LogP contribution in [0.1, 0.15) is 103 Å². The molecule has 1 aromatic carbocycles. The molecule has 1 unspecified atom stereocenters. The van der Waals surface area contributed by atoms with Crippen molar-refractivity contribution in [2.75, 3.05) is 32.0 Å². The Hall–Kier alpha value is -4.12. The van der Waals surface area contributed by atoms with Gasteiger partial charge in [0, 0.05) is 30.3 Å². The van der Waals surface area contributed by atoms with E-state index in [9.17, 15) is 14.4 Å². The third-order valence-corrected chi connectivity index (χ3v) is 7.81. The highest BCUT2D eigenvalue weighted by Gasteiger charge is 2.23. The summed E-state index contributed by atoms with van der Waals surface area (Å²) < 4.78 is 1.47. The average molecular weight is 603 g/mol. The van der Waals surface area contributed by atoms with Crippen LogP contribution in [-0.2, 0) is 5.41 Å². The Labute approximate surface area is 260 Å². The molecule has 1 saturated heterocycles. The van der Waals surface area contributed by atoms with Crippen LogP contribution in [0.15, 0.2) is 36.7 Å². The minimum Gasteiger partial charge on any atom is -0.350 e. The zero-order chi connectivity index (χ0) is 32.2. The Bertz CT molecular complexity index is 1520. The summed E-state index contributed by atoms with van der Waals surface area (Å²) in [5.41, 5.74) is 3.20. The Morgan fingerprint density at radius 2 is 1.64 bits per heavy atom. The lowest BCUT2D eigenvalue weighted by Crippen LogP contribution is -2.44. The third kappa shape index (κ3) is 8.49. The third-order valence-electron chi connectivity index (χ3n) is 7.81. The average Bonchev–Trinajstić information content (AvgIpc) is 3.45. The number of hydrogen-bond donors (Lipinski definition) is 3. The van der Waals surface area contributed by atoms with E-state index in [2.05, 4.69) is 64.0 Å². The predicted molar refractivity (Wildman–Crippen MR) is 171 cm³/mol. The van der Waals surface area contributed by atoms with Gasteiger partial charge in [-0.25, -0.2) is 4.68 Å². The number of nitrogens with one attached hydrogen (secondary N) is 3. The van der Waals surface area contributed by atoms with E-state index >= 15 is 0 Å². The van der Waals surface area contributed by atoms with E-state index < -0.39 is 0 Å². The molecule has 1 atom stereocenters. The van der Waals surface area contributed by atoms with Gasteiger partial charge in [-0.3, -0.25) is 19.4 Å². The molecule has 3 N–H and O–H groups in total. The van der Waals surface area contributed by atoms with Crippen LogP contribution in [0.5, 0.6) is 0 Å². The number of likely N-dealkylation sites (tertiary alicyclic amines) is 1. The van der Waals surface area contributed by atoms with E-state index in [0.717, 1.165) is 24.9 Å². The quantitative estimate of drug-likeness (QED) is 0.345. The van der Waals surface area contributed by atoms with Crippen molar-refractivity contribution in [1.29, 1.82) is 0 Å². The monoisotopic (exact) mass is 602 g/mol. The lowest BCUT2D eigenvalue weighted by Gasteiger charge is -2.32. The number of pyridine rings is 1.